The van der Waals surface area contributed by atoms with Crippen LogP contribution in [0.2, 0.25) is 0 Å². The predicted molar refractivity (Wildman–Crippen MR) is 88.4 cm³/mol. The Kier molecular flexibility index (Phi) is 5.06. The van der Waals surface area contributed by atoms with E-state index in [1.165, 1.54) is 12.1 Å². The van der Waals surface area contributed by atoms with Gasteiger partial charge in [-0.05, 0) is 37.1 Å². The molecule has 0 bridgehead atoms. The maximum absolute atomic E-state index is 13.1. The van der Waals surface area contributed by atoms with Crippen LogP contribution in [0.5, 0.6) is 0 Å². The summed E-state index contributed by atoms with van der Waals surface area (Å²) in [5, 5.41) is 4.32. The number of hydrogen-bond acceptors (Lipinski definition) is 4. The average molecular weight is 345 g/mol. The lowest BCUT2D eigenvalue weighted by Gasteiger charge is -2.14. The molecule has 2 amide bonds. The number of carbonyl (C=O) groups is 2. The summed E-state index contributed by atoms with van der Waals surface area (Å²) in [6.07, 6.45) is 2.81. The lowest BCUT2D eigenvalue weighted by Crippen LogP contribution is -2.26. The number of rotatable bonds is 7. The quantitative estimate of drug-likeness (QED) is 0.810. The molecule has 2 aromatic rings. The molecule has 0 aliphatic carbocycles. The van der Waals surface area contributed by atoms with Crippen molar-refractivity contribution in [2.75, 3.05) is 13.1 Å². The van der Waals surface area contributed by atoms with Crippen molar-refractivity contribution in [3.8, 4) is 5.69 Å². The molecule has 1 aromatic carbocycles. The van der Waals surface area contributed by atoms with Gasteiger partial charge < -0.3 is 10.6 Å². The Morgan fingerprint density at radius 1 is 1.28 bits per heavy atom. The minimum Gasteiger partial charge on any atom is -0.369 e. The smallest absolute Gasteiger partial charge is 0.225 e. The van der Waals surface area contributed by atoms with Crippen molar-refractivity contribution < 1.29 is 14.0 Å². The first-order valence-corrected chi connectivity index (χ1v) is 8.30. The molecule has 1 aliphatic rings. The van der Waals surface area contributed by atoms with E-state index in [4.69, 9.17) is 5.73 Å². The van der Waals surface area contributed by atoms with E-state index in [1.807, 2.05) is 4.90 Å². The van der Waals surface area contributed by atoms with E-state index in [0.717, 1.165) is 19.4 Å². The summed E-state index contributed by atoms with van der Waals surface area (Å²) in [6, 6.07) is 5.89. The highest BCUT2D eigenvalue weighted by molar-refractivity contribution is 5.78. The predicted octanol–water partition coefficient (Wildman–Crippen LogP) is 0.989. The zero-order valence-corrected chi connectivity index (χ0v) is 13.8. The number of aryl methyl sites for hydroxylation is 1. The molecule has 8 heteroatoms. The van der Waals surface area contributed by atoms with Gasteiger partial charge in [0.25, 0.3) is 0 Å². The lowest BCUT2D eigenvalue weighted by atomic mass is 10.2. The monoisotopic (exact) mass is 345 g/mol. The fourth-order valence-corrected chi connectivity index (χ4v) is 2.94. The molecule has 1 aliphatic heterocycles. The van der Waals surface area contributed by atoms with Crippen LogP contribution in [0, 0.1) is 5.82 Å². The SMILES string of the molecule is NC(=O)Cc1nc(CCCN2CCCC2=O)n(-c2ccc(F)cc2)n1. The Morgan fingerprint density at radius 2 is 2.04 bits per heavy atom. The zero-order chi connectivity index (χ0) is 17.8. The fourth-order valence-electron chi connectivity index (χ4n) is 2.94. The van der Waals surface area contributed by atoms with Crippen LogP contribution < -0.4 is 5.73 Å². The maximum atomic E-state index is 13.1. The normalized spacial score (nSPS) is 14.3. The Labute approximate surface area is 144 Å². The number of likely N-dealkylation sites (tertiary alicyclic amines) is 1. The highest BCUT2D eigenvalue weighted by Crippen LogP contribution is 2.15. The number of aromatic nitrogens is 3. The molecule has 132 valence electrons. The molecule has 0 unspecified atom stereocenters. The minimum absolute atomic E-state index is 0.0498. The minimum atomic E-state index is -0.509. The molecule has 25 heavy (non-hydrogen) atoms. The van der Waals surface area contributed by atoms with Crippen LogP contribution in [-0.2, 0) is 22.4 Å². The van der Waals surface area contributed by atoms with E-state index in [9.17, 15) is 14.0 Å². The van der Waals surface area contributed by atoms with Gasteiger partial charge in [-0.15, -0.1) is 0 Å². The number of amides is 2. The Hall–Kier alpha value is -2.77. The van der Waals surface area contributed by atoms with Gasteiger partial charge in [0.05, 0.1) is 12.1 Å². The van der Waals surface area contributed by atoms with Crippen LogP contribution in [0.1, 0.15) is 30.9 Å². The van der Waals surface area contributed by atoms with Gasteiger partial charge in [0.1, 0.15) is 11.6 Å². The third-order valence-corrected chi connectivity index (χ3v) is 4.12. The van der Waals surface area contributed by atoms with Crippen molar-refractivity contribution in [2.24, 2.45) is 5.73 Å². The Balaban J connectivity index is 1.75. The number of carbonyl (C=O) groups excluding carboxylic acids is 2. The summed E-state index contributed by atoms with van der Waals surface area (Å²) < 4.78 is 14.7. The fraction of sp³-hybridized carbons (Fsp3) is 0.412. The second-order valence-corrected chi connectivity index (χ2v) is 6.06. The first-order chi connectivity index (χ1) is 12.0. The van der Waals surface area contributed by atoms with Crippen molar-refractivity contribution in [3.63, 3.8) is 0 Å². The van der Waals surface area contributed by atoms with Gasteiger partial charge in [-0.25, -0.2) is 14.1 Å². The highest BCUT2D eigenvalue weighted by Gasteiger charge is 2.20. The molecule has 0 radical (unpaired) electrons. The van der Waals surface area contributed by atoms with E-state index in [2.05, 4.69) is 10.1 Å². The molecule has 0 atom stereocenters. The third kappa shape index (κ3) is 4.20. The average Bonchev–Trinajstić information content (AvgIpc) is 3.14. The summed E-state index contributed by atoms with van der Waals surface area (Å²) >= 11 is 0. The van der Waals surface area contributed by atoms with Gasteiger partial charge in [0.2, 0.25) is 11.8 Å². The summed E-state index contributed by atoms with van der Waals surface area (Å²) in [5.74, 6) is 0.341. The van der Waals surface area contributed by atoms with Crippen molar-refractivity contribution in [2.45, 2.75) is 32.1 Å². The van der Waals surface area contributed by atoms with E-state index in [-0.39, 0.29) is 18.1 Å². The molecule has 3 rings (SSSR count). The number of hydrogen-bond donors (Lipinski definition) is 1. The van der Waals surface area contributed by atoms with Crippen LogP contribution in [-0.4, -0.2) is 44.6 Å². The number of halogens is 1. The molecule has 1 aromatic heterocycles. The Bertz CT molecular complexity index is 772. The van der Waals surface area contributed by atoms with Crippen LogP contribution in [0.15, 0.2) is 24.3 Å². The molecule has 2 heterocycles. The summed E-state index contributed by atoms with van der Waals surface area (Å²) in [5.41, 5.74) is 5.88. The van der Waals surface area contributed by atoms with Crippen LogP contribution in [0.25, 0.3) is 5.69 Å². The topological polar surface area (TPSA) is 94.1 Å². The van der Waals surface area contributed by atoms with Gasteiger partial charge in [0.15, 0.2) is 5.82 Å². The molecular formula is C17H20FN5O2. The van der Waals surface area contributed by atoms with Gasteiger partial charge in [-0.3, -0.25) is 9.59 Å². The Morgan fingerprint density at radius 3 is 2.68 bits per heavy atom. The van der Waals surface area contributed by atoms with Crippen molar-refractivity contribution in [3.05, 3.63) is 41.7 Å². The summed E-state index contributed by atoms with van der Waals surface area (Å²) in [6.45, 7) is 1.47. The van der Waals surface area contributed by atoms with Crippen molar-refractivity contribution in [1.82, 2.24) is 19.7 Å². The van der Waals surface area contributed by atoms with Gasteiger partial charge >= 0.3 is 0 Å². The second-order valence-electron chi connectivity index (χ2n) is 6.06. The molecule has 7 nitrogen and oxygen atoms in total. The van der Waals surface area contributed by atoms with Crippen LogP contribution in [0.3, 0.4) is 0 Å². The standard InChI is InChI=1S/C17H20FN5O2/c18-12-5-7-13(8-6-12)23-16(20-15(21-23)11-14(19)24)3-1-9-22-10-2-4-17(22)25/h5-8H,1-4,9-11H2,(H2,19,24). The van der Waals surface area contributed by atoms with Crippen LogP contribution in [0.4, 0.5) is 4.39 Å². The number of nitrogens with two attached hydrogens (primary N) is 1. The molecule has 1 fully saturated rings. The number of benzene rings is 1. The van der Waals surface area contributed by atoms with Gasteiger partial charge in [-0.2, -0.15) is 5.10 Å². The molecule has 0 saturated carbocycles. The highest BCUT2D eigenvalue weighted by atomic mass is 19.1. The van der Waals surface area contributed by atoms with E-state index >= 15 is 0 Å². The first kappa shape index (κ1) is 17.1. The molecule has 0 spiro atoms. The second kappa shape index (κ2) is 7.42. The number of nitrogens with zero attached hydrogens (tertiary/aromatic N) is 4. The summed E-state index contributed by atoms with van der Waals surface area (Å²) in [4.78, 5) is 29.0. The first-order valence-electron chi connectivity index (χ1n) is 8.30. The van der Waals surface area contributed by atoms with E-state index < -0.39 is 5.91 Å². The van der Waals surface area contributed by atoms with E-state index in [1.54, 1.807) is 16.8 Å². The summed E-state index contributed by atoms with van der Waals surface area (Å²) in [7, 11) is 0. The van der Waals surface area contributed by atoms with Crippen LogP contribution >= 0.6 is 0 Å². The lowest BCUT2D eigenvalue weighted by molar-refractivity contribution is -0.127. The molecule has 1 saturated heterocycles. The number of primary amides is 1. The van der Waals surface area contributed by atoms with E-state index in [0.29, 0.717) is 36.7 Å². The third-order valence-electron chi connectivity index (χ3n) is 4.12. The zero-order valence-electron chi connectivity index (χ0n) is 13.8. The largest absolute Gasteiger partial charge is 0.369 e. The molecular weight excluding hydrogens is 325 g/mol. The van der Waals surface area contributed by atoms with Crippen molar-refractivity contribution in [1.29, 1.82) is 0 Å². The molecule has 2 N–H and O–H groups in total. The maximum Gasteiger partial charge on any atom is 0.225 e. The van der Waals surface area contributed by atoms with Gasteiger partial charge in [-0.1, -0.05) is 0 Å². The van der Waals surface area contributed by atoms with Gasteiger partial charge in [0, 0.05) is 25.9 Å². The van der Waals surface area contributed by atoms with Crippen molar-refractivity contribution >= 4 is 11.8 Å².